The highest BCUT2D eigenvalue weighted by Crippen LogP contribution is 2.10. The first-order valence-electron chi connectivity index (χ1n) is 6.42. The maximum atomic E-state index is 11.8. The number of benzene rings is 1. The summed E-state index contributed by atoms with van der Waals surface area (Å²) in [5.74, 6) is -0.305. The molecule has 3 rings (SSSR count). The molecule has 3 aromatic rings. The predicted molar refractivity (Wildman–Crippen MR) is 81.0 cm³/mol. The van der Waals surface area contributed by atoms with Gasteiger partial charge in [-0.05, 0) is 24.3 Å². The van der Waals surface area contributed by atoms with Crippen molar-refractivity contribution in [2.24, 2.45) is 5.10 Å². The van der Waals surface area contributed by atoms with Gasteiger partial charge in [0.25, 0.3) is 5.91 Å². The molecule has 0 aliphatic heterocycles. The van der Waals surface area contributed by atoms with Gasteiger partial charge < -0.3 is 0 Å². The van der Waals surface area contributed by atoms with Gasteiger partial charge in [0.15, 0.2) is 0 Å². The summed E-state index contributed by atoms with van der Waals surface area (Å²) in [5, 5.41) is 4.97. The second-order valence-corrected chi connectivity index (χ2v) is 4.37. The van der Waals surface area contributed by atoms with E-state index in [1.807, 2.05) is 36.4 Å². The van der Waals surface area contributed by atoms with Crippen molar-refractivity contribution in [1.82, 2.24) is 15.4 Å². The number of para-hydroxylation sites is 1. The second kappa shape index (κ2) is 5.92. The number of amides is 1. The van der Waals surface area contributed by atoms with Crippen LogP contribution in [0, 0.1) is 0 Å². The van der Waals surface area contributed by atoms with Gasteiger partial charge in [0.1, 0.15) is 0 Å². The number of nitrogens with zero attached hydrogens (tertiary/aromatic N) is 3. The van der Waals surface area contributed by atoms with Crippen molar-refractivity contribution in [1.29, 1.82) is 0 Å². The van der Waals surface area contributed by atoms with Crippen molar-refractivity contribution in [3.63, 3.8) is 0 Å². The minimum Gasteiger partial charge on any atom is -0.267 e. The highest BCUT2D eigenvalue weighted by Gasteiger charge is 2.02. The molecule has 0 saturated heterocycles. The lowest BCUT2D eigenvalue weighted by atomic mass is 10.2. The van der Waals surface area contributed by atoms with Crippen molar-refractivity contribution in [2.45, 2.75) is 0 Å². The number of hydrazone groups is 1. The SMILES string of the molecule is O=C(N/N=C/c1ccc2ccccc2n1)c1cccnc1. The monoisotopic (exact) mass is 276 g/mol. The molecule has 21 heavy (non-hydrogen) atoms. The average molecular weight is 276 g/mol. The number of rotatable bonds is 3. The summed E-state index contributed by atoms with van der Waals surface area (Å²) in [6, 6.07) is 15.0. The van der Waals surface area contributed by atoms with E-state index in [1.165, 1.54) is 12.4 Å². The van der Waals surface area contributed by atoms with E-state index in [4.69, 9.17) is 0 Å². The molecule has 0 bridgehead atoms. The molecule has 1 amide bonds. The average Bonchev–Trinajstić information content (AvgIpc) is 2.55. The minimum atomic E-state index is -0.305. The molecule has 0 radical (unpaired) electrons. The van der Waals surface area contributed by atoms with Gasteiger partial charge in [-0.15, -0.1) is 0 Å². The predicted octanol–water partition coefficient (Wildman–Crippen LogP) is 2.39. The lowest BCUT2D eigenvalue weighted by molar-refractivity contribution is 0.0955. The van der Waals surface area contributed by atoms with Crippen molar-refractivity contribution in [2.75, 3.05) is 0 Å². The van der Waals surface area contributed by atoms with Crippen molar-refractivity contribution < 1.29 is 4.79 Å². The van der Waals surface area contributed by atoms with E-state index in [2.05, 4.69) is 20.5 Å². The van der Waals surface area contributed by atoms with Gasteiger partial charge in [-0.1, -0.05) is 24.3 Å². The van der Waals surface area contributed by atoms with E-state index in [-0.39, 0.29) is 5.91 Å². The summed E-state index contributed by atoms with van der Waals surface area (Å²) >= 11 is 0. The molecule has 5 nitrogen and oxygen atoms in total. The minimum absolute atomic E-state index is 0.305. The Morgan fingerprint density at radius 2 is 2.00 bits per heavy atom. The molecule has 102 valence electrons. The highest BCUT2D eigenvalue weighted by molar-refractivity contribution is 5.94. The van der Waals surface area contributed by atoms with E-state index < -0.39 is 0 Å². The van der Waals surface area contributed by atoms with Crippen molar-refractivity contribution in [3.05, 3.63) is 72.2 Å². The zero-order chi connectivity index (χ0) is 14.5. The quantitative estimate of drug-likeness (QED) is 0.590. The number of carbonyl (C=O) groups excluding carboxylic acids is 1. The number of hydrogen-bond acceptors (Lipinski definition) is 4. The standard InChI is InChI=1S/C16H12N4O/c21-16(13-5-3-9-17-10-13)20-18-11-14-8-7-12-4-1-2-6-15(12)19-14/h1-11H,(H,20,21)/b18-11+. The fraction of sp³-hybridized carbons (Fsp3) is 0. The molecule has 2 aromatic heterocycles. The van der Waals surface area contributed by atoms with Crippen LogP contribution in [0.3, 0.4) is 0 Å². The third-order valence-corrected chi connectivity index (χ3v) is 2.91. The molecular weight excluding hydrogens is 264 g/mol. The van der Waals surface area contributed by atoms with Crippen LogP contribution in [0.25, 0.3) is 10.9 Å². The molecule has 0 atom stereocenters. The Bertz CT molecular complexity index is 799. The summed E-state index contributed by atoms with van der Waals surface area (Å²) in [6.07, 6.45) is 4.61. The zero-order valence-corrected chi connectivity index (χ0v) is 11.1. The van der Waals surface area contributed by atoms with E-state index >= 15 is 0 Å². The van der Waals surface area contributed by atoms with Crippen molar-refractivity contribution >= 4 is 23.0 Å². The molecule has 0 unspecified atom stereocenters. The molecule has 0 aliphatic rings. The number of pyridine rings is 2. The van der Waals surface area contributed by atoms with Crippen LogP contribution >= 0.6 is 0 Å². The molecule has 1 N–H and O–H groups in total. The maximum Gasteiger partial charge on any atom is 0.272 e. The van der Waals surface area contributed by atoms with Crippen LogP contribution in [0.2, 0.25) is 0 Å². The van der Waals surface area contributed by atoms with Gasteiger partial charge in [0, 0.05) is 17.8 Å². The Kier molecular flexibility index (Phi) is 3.64. The van der Waals surface area contributed by atoms with Gasteiger partial charge in [-0.25, -0.2) is 10.4 Å². The van der Waals surface area contributed by atoms with Crippen LogP contribution in [0.4, 0.5) is 0 Å². The van der Waals surface area contributed by atoms with E-state index in [0.717, 1.165) is 10.9 Å². The fourth-order valence-electron chi connectivity index (χ4n) is 1.87. The molecule has 0 fully saturated rings. The first-order chi connectivity index (χ1) is 10.3. The first kappa shape index (κ1) is 12.9. The normalized spacial score (nSPS) is 10.9. The Balaban J connectivity index is 1.71. The van der Waals surface area contributed by atoms with E-state index in [1.54, 1.807) is 18.3 Å². The first-order valence-corrected chi connectivity index (χ1v) is 6.42. The summed E-state index contributed by atoms with van der Waals surface area (Å²) in [4.78, 5) is 20.1. The molecule has 0 spiro atoms. The largest absolute Gasteiger partial charge is 0.272 e. The summed E-state index contributed by atoms with van der Waals surface area (Å²) in [6.45, 7) is 0. The molecule has 0 saturated carbocycles. The smallest absolute Gasteiger partial charge is 0.267 e. The van der Waals surface area contributed by atoms with Gasteiger partial charge in [-0.2, -0.15) is 5.10 Å². The number of fused-ring (bicyclic) bond motifs is 1. The van der Waals surface area contributed by atoms with Gasteiger partial charge >= 0.3 is 0 Å². The molecule has 1 aromatic carbocycles. The van der Waals surface area contributed by atoms with Crippen molar-refractivity contribution in [3.8, 4) is 0 Å². The number of aromatic nitrogens is 2. The fourth-order valence-corrected chi connectivity index (χ4v) is 1.87. The van der Waals surface area contributed by atoms with Crippen LogP contribution in [0.15, 0.2) is 66.0 Å². The molecular formula is C16H12N4O. The number of hydrogen-bond donors (Lipinski definition) is 1. The molecule has 5 heteroatoms. The lowest BCUT2D eigenvalue weighted by Gasteiger charge is -1.99. The summed E-state index contributed by atoms with van der Waals surface area (Å²) in [5.41, 5.74) is 4.48. The summed E-state index contributed by atoms with van der Waals surface area (Å²) in [7, 11) is 0. The van der Waals surface area contributed by atoms with Crippen LogP contribution in [0.1, 0.15) is 16.1 Å². The highest BCUT2D eigenvalue weighted by atomic mass is 16.2. The Hall–Kier alpha value is -3.08. The van der Waals surface area contributed by atoms with Crippen LogP contribution in [0.5, 0.6) is 0 Å². The van der Waals surface area contributed by atoms with Crippen LogP contribution in [-0.2, 0) is 0 Å². The number of carbonyl (C=O) groups is 1. The van der Waals surface area contributed by atoms with E-state index in [9.17, 15) is 4.79 Å². The van der Waals surface area contributed by atoms with E-state index in [0.29, 0.717) is 11.3 Å². The Labute approximate surface area is 121 Å². The van der Waals surface area contributed by atoms with Gasteiger partial charge in [-0.3, -0.25) is 9.78 Å². The maximum absolute atomic E-state index is 11.8. The zero-order valence-electron chi connectivity index (χ0n) is 11.1. The summed E-state index contributed by atoms with van der Waals surface area (Å²) < 4.78 is 0. The van der Waals surface area contributed by atoms with Crippen LogP contribution in [-0.4, -0.2) is 22.1 Å². The van der Waals surface area contributed by atoms with Gasteiger partial charge in [0.2, 0.25) is 0 Å². The Morgan fingerprint density at radius 1 is 1.10 bits per heavy atom. The molecule has 2 heterocycles. The lowest BCUT2D eigenvalue weighted by Crippen LogP contribution is -2.17. The third kappa shape index (κ3) is 3.09. The van der Waals surface area contributed by atoms with Crippen LogP contribution < -0.4 is 5.43 Å². The second-order valence-electron chi connectivity index (χ2n) is 4.37. The van der Waals surface area contributed by atoms with Gasteiger partial charge in [0.05, 0.1) is 23.0 Å². The Morgan fingerprint density at radius 3 is 2.86 bits per heavy atom. The third-order valence-electron chi connectivity index (χ3n) is 2.91. The topological polar surface area (TPSA) is 67.2 Å². The number of nitrogens with one attached hydrogen (secondary N) is 1. The molecule has 0 aliphatic carbocycles.